The summed E-state index contributed by atoms with van der Waals surface area (Å²) in [6, 6.07) is 6.70. The summed E-state index contributed by atoms with van der Waals surface area (Å²) in [5.41, 5.74) is -0.349. The highest BCUT2D eigenvalue weighted by molar-refractivity contribution is 6.30. The van der Waals surface area contributed by atoms with Crippen LogP contribution < -0.4 is 5.32 Å². The Morgan fingerprint density at radius 2 is 1.85 bits per heavy atom. The van der Waals surface area contributed by atoms with E-state index in [2.05, 4.69) is 5.32 Å². The molecule has 2 aliphatic heterocycles. The second-order valence-electron chi connectivity index (χ2n) is 8.52. The van der Waals surface area contributed by atoms with Crippen molar-refractivity contribution >= 4 is 23.6 Å². The number of likely N-dealkylation sites (tertiary alicyclic amines) is 1. The third-order valence-corrected chi connectivity index (χ3v) is 5.61. The summed E-state index contributed by atoms with van der Waals surface area (Å²) < 4.78 is 5.41. The Morgan fingerprint density at radius 3 is 2.41 bits per heavy atom. The first kappa shape index (κ1) is 20.0. The van der Waals surface area contributed by atoms with Gasteiger partial charge in [-0.25, -0.2) is 4.79 Å². The first-order valence-corrected chi connectivity index (χ1v) is 9.70. The van der Waals surface area contributed by atoms with Crippen LogP contribution in [0.1, 0.15) is 51.6 Å². The van der Waals surface area contributed by atoms with Gasteiger partial charge in [-0.15, -0.1) is 0 Å². The Labute approximate surface area is 164 Å². The number of aliphatic hydroxyl groups excluding tert-OH is 1. The first-order chi connectivity index (χ1) is 12.6. The van der Waals surface area contributed by atoms with Crippen LogP contribution in [0.2, 0.25) is 5.02 Å². The summed E-state index contributed by atoms with van der Waals surface area (Å²) in [6.45, 7) is 6.38. The van der Waals surface area contributed by atoms with Crippen molar-refractivity contribution in [1.82, 2.24) is 10.2 Å². The molecule has 3 rings (SSSR count). The van der Waals surface area contributed by atoms with Gasteiger partial charge in [0.2, 0.25) is 5.91 Å². The molecule has 7 heteroatoms. The van der Waals surface area contributed by atoms with Gasteiger partial charge in [-0.3, -0.25) is 4.79 Å². The molecule has 0 saturated carbocycles. The molecule has 1 aromatic rings. The molecule has 2 fully saturated rings. The second-order valence-corrected chi connectivity index (χ2v) is 8.96. The van der Waals surface area contributed by atoms with Crippen molar-refractivity contribution in [2.75, 3.05) is 13.1 Å². The van der Waals surface area contributed by atoms with Crippen molar-refractivity contribution in [3.05, 3.63) is 34.9 Å². The highest BCUT2D eigenvalue weighted by atomic mass is 35.5. The zero-order valence-electron chi connectivity index (χ0n) is 16.0. The molecule has 0 aliphatic carbocycles. The number of nitrogens with zero attached hydrogens (tertiary/aromatic N) is 1. The number of benzene rings is 1. The molecule has 2 aliphatic rings. The number of carbonyl (C=O) groups excluding carboxylic acids is 2. The number of halogens is 1. The minimum atomic E-state index is -0.683. The van der Waals surface area contributed by atoms with Gasteiger partial charge >= 0.3 is 6.09 Å². The monoisotopic (exact) mass is 394 g/mol. The van der Waals surface area contributed by atoms with Crippen LogP contribution in [0, 0.1) is 5.41 Å². The quantitative estimate of drug-likeness (QED) is 0.766. The van der Waals surface area contributed by atoms with Crippen molar-refractivity contribution in [3.8, 4) is 0 Å². The maximum absolute atomic E-state index is 12.9. The van der Waals surface area contributed by atoms with Crippen LogP contribution in [0.5, 0.6) is 0 Å². The van der Waals surface area contributed by atoms with E-state index in [0.29, 0.717) is 37.4 Å². The largest absolute Gasteiger partial charge is 0.444 e. The molecule has 6 nitrogen and oxygen atoms in total. The van der Waals surface area contributed by atoms with Crippen LogP contribution in [-0.4, -0.2) is 46.8 Å². The predicted molar refractivity (Wildman–Crippen MR) is 102 cm³/mol. The zero-order valence-corrected chi connectivity index (χ0v) is 16.8. The van der Waals surface area contributed by atoms with Gasteiger partial charge in [0.25, 0.3) is 0 Å². The van der Waals surface area contributed by atoms with E-state index in [1.54, 1.807) is 17.0 Å². The molecule has 0 unspecified atom stereocenters. The smallest absolute Gasteiger partial charge is 0.410 e. The molecule has 0 aromatic heterocycles. The van der Waals surface area contributed by atoms with E-state index in [4.69, 9.17) is 16.3 Å². The van der Waals surface area contributed by atoms with E-state index in [0.717, 1.165) is 5.56 Å². The number of piperidine rings is 2. The lowest BCUT2D eigenvalue weighted by molar-refractivity contribution is -0.144. The highest BCUT2D eigenvalue weighted by Crippen LogP contribution is 2.42. The third-order valence-electron chi connectivity index (χ3n) is 5.35. The van der Waals surface area contributed by atoms with Gasteiger partial charge in [0.1, 0.15) is 5.60 Å². The van der Waals surface area contributed by atoms with E-state index in [-0.39, 0.29) is 12.0 Å². The minimum Gasteiger partial charge on any atom is -0.444 e. The molecule has 2 atom stereocenters. The summed E-state index contributed by atoms with van der Waals surface area (Å²) in [4.78, 5) is 26.8. The number of hydrogen-bond donors (Lipinski definition) is 2. The number of carbonyl (C=O) groups is 2. The van der Waals surface area contributed by atoms with Crippen molar-refractivity contribution in [3.63, 3.8) is 0 Å². The first-order valence-electron chi connectivity index (χ1n) is 9.32. The van der Waals surface area contributed by atoms with E-state index in [9.17, 15) is 14.7 Å². The van der Waals surface area contributed by atoms with E-state index >= 15 is 0 Å². The average Bonchev–Trinajstić information content (AvgIpc) is 2.58. The molecule has 27 heavy (non-hydrogen) atoms. The fourth-order valence-corrected chi connectivity index (χ4v) is 3.98. The van der Waals surface area contributed by atoms with E-state index < -0.39 is 23.2 Å². The molecule has 0 bridgehead atoms. The lowest BCUT2D eigenvalue weighted by atomic mass is 9.69. The molecular formula is C20H27ClN2O4. The number of rotatable bonds is 1. The number of hydrogen-bond acceptors (Lipinski definition) is 4. The molecule has 148 valence electrons. The van der Waals surface area contributed by atoms with Gasteiger partial charge in [0, 0.05) is 18.1 Å². The van der Waals surface area contributed by atoms with Crippen molar-refractivity contribution in [1.29, 1.82) is 0 Å². The molecule has 1 spiro atoms. The van der Waals surface area contributed by atoms with Crippen LogP contribution >= 0.6 is 11.6 Å². The van der Waals surface area contributed by atoms with Crippen LogP contribution in [0.25, 0.3) is 0 Å². The maximum Gasteiger partial charge on any atom is 0.410 e. The third kappa shape index (κ3) is 4.38. The van der Waals surface area contributed by atoms with Gasteiger partial charge in [0.05, 0.1) is 17.6 Å². The molecule has 2 saturated heterocycles. The van der Waals surface area contributed by atoms with E-state index in [1.807, 2.05) is 32.9 Å². The average molecular weight is 395 g/mol. The summed E-state index contributed by atoms with van der Waals surface area (Å²) in [5, 5.41) is 14.3. The molecule has 2 amide bonds. The molecule has 2 heterocycles. The molecule has 2 N–H and O–H groups in total. The number of nitrogens with one attached hydrogen (secondary N) is 1. The Morgan fingerprint density at radius 1 is 1.26 bits per heavy atom. The van der Waals surface area contributed by atoms with Crippen molar-refractivity contribution < 1.29 is 19.4 Å². The van der Waals surface area contributed by atoms with Gasteiger partial charge in [-0.2, -0.15) is 0 Å². The topological polar surface area (TPSA) is 78.9 Å². The second kappa shape index (κ2) is 7.32. The van der Waals surface area contributed by atoms with Crippen LogP contribution in [0.3, 0.4) is 0 Å². The number of aliphatic hydroxyl groups is 1. The normalized spacial score (nSPS) is 25.2. The summed E-state index contributed by atoms with van der Waals surface area (Å²) in [6.07, 6.45) is 0.379. The van der Waals surface area contributed by atoms with Crippen LogP contribution in [0.4, 0.5) is 4.79 Å². The Kier molecular flexibility index (Phi) is 5.41. The van der Waals surface area contributed by atoms with E-state index in [1.165, 1.54) is 0 Å². The SMILES string of the molecule is CC(C)(C)OC(=O)N1CCC2(CC1)C[C@@H](O)[C@H](c1ccc(Cl)cc1)NC2=O. The predicted octanol–water partition coefficient (Wildman–Crippen LogP) is 3.28. The number of amides is 2. The Hall–Kier alpha value is -1.79. The fraction of sp³-hybridized carbons (Fsp3) is 0.600. The Balaban J connectivity index is 1.65. The summed E-state index contributed by atoms with van der Waals surface area (Å²) >= 11 is 5.92. The van der Waals surface area contributed by atoms with Crippen molar-refractivity contribution in [2.45, 2.75) is 57.8 Å². The van der Waals surface area contributed by atoms with Crippen molar-refractivity contribution in [2.24, 2.45) is 5.41 Å². The maximum atomic E-state index is 12.9. The standard InChI is InChI=1S/C20H27ClN2O4/c1-19(2,3)27-18(26)23-10-8-20(9-11-23)12-15(24)16(22-17(20)25)13-4-6-14(21)7-5-13/h4-7,15-16,24H,8-12H2,1-3H3,(H,22,25)/t15-,16+/m1/s1. The lowest BCUT2D eigenvalue weighted by Gasteiger charge is -2.46. The molecule has 0 radical (unpaired) electrons. The lowest BCUT2D eigenvalue weighted by Crippen LogP contribution is -2.57. The van der Waals surface area contributed by atoms with Crippen LogP contribution in [0.15, 0.2) is 24.3 Å². The van der Waals surface area contributed by atoms with Gasteiger partial charge < -0.3 is 20.1 Å². The zero-order chi connectivity index (χ0) is 19.8. The van der Waals surface area contributed by atoms with Gasteiger partial charge in [0.15, 0.2) is 0 Å². The Bertz CT molecular complexity index is 706. The molecular weight excluding hydrogens is 368 g/mol. The van der Waals surface area contributed by atoms with Gasteiger partial charge in [-0.1, -0.05) is 23.7 Å². The minimum absolute atomic E-state index is 0.0587. The summed E-state index contributed by atoms with van der Waals surface area (Å²) in [7, 11) is 0. The fourth-order valence-electron chi connectivity index (χ4n) is 3.85. The number of ether oxygens (including phenoxy) is 1. The highest BCUT2D eigenvalue weighted by Gasteiger charge is 2.49. The van der Waals surface area contributed by atoms with Crippen LogP contribution in [-0.2, 0) is 9.53 Å². The van der Waals surface area contributed by atoms with Gasteiger partial charge in [-0.05, 0) is 57.7 Å². The molecule has 1 aromatic carbocycles. The summed E-state index contributed by atoms with van der Waals surface area (Å²) in [5.74, 6) is -0.0587.